The molecule has 0 saturated carbocycles. The van der Waals surface area contributed by atoms with Crippen LogP contribution in [0.15, 0.2) is 10.3 Å². The minimum Gasteiger partial charge on any atom is -0.411 e. The average molecular weight is 132 g/mol. The molecule has 0 aliphatic heterocycles. The lowest BCUT2D eigenvalue weighted by molar-refractivity contribution is -0.242. The third kappa shape index (κ3) is 2.65. The van der Waals surface area contributed by atoms with Gasteiger partial charge in [0.25, 0.3) is 0 Å². The maximum atomic E-state index is 8.10. The summed E-state index contributed by atoms with van der Waals surface area (Å²) in [5.74, 6) is 0. The van der Waals surface area contributed by atoms with Crippen molar-refractivity contribution in [3.05, 3.63) is 0 Å². The first-order chi connectivity index (χ1) is 4.22. The van der Waals surface area contributed by atoms with Gasteiger partial charge in [0.2, 0.25) is 0 Å². The Balaban J connectivity index is 4.03. The predicted octanol–water partition coefficient (Wildman–Crippen LogP) is 0.702. The number of nitrogens with zero attached hydrogens (tertiary/aromatic N) is 2. The van der Waals surface area contributed by atoms with Crippen LogP contribution in [0.5, 0.6) is 0 Å². The van der Waals surface area contributed by atoms with Gasteiger partial charge in [-0.2, -0.15) is 5.26 Å². The van der Waals surface area contributed by atoms with E-state index in [2.05, 4.69) is 15.3 Å². The molecule has 5 heteroatoms. The van der Waals surface area contributed by atoms with Crippen molar-refractivity contribution in [2.24, 2.45) is 10.3 Å². The summed E-state index contributed by atoms with van der Waals surface area (Å²) in [6.07, 6.45) is 0. The Bertz CT molecular complexity index is 141. The molecule has 0 fully saturated rings. The first-order valence-electron chi connectivity index (χ1n) is 2.26. The van der Waals surface area contributed by atoms with Crippen LogP contribution in [0, 0.1) is 0 Å². The van der Waals surface area contributed by atoms with Crippen LogP contribution < -0.4 is 0 Å². The molecule has 0 saturated heterocycles. The Morgan fingerprint density at radius 1 is 1.33 bits per heavy atom. The van der Waals surface area contributed by atoms with E-state index in [0.717, 1.165) is 0 Å². The van der Waals surface area contributed by atoms with Gasteiger partial charge in [0.05, 0.1) is 0 Å². The standard InChI is InChI=1S/C4H8N2O3/c1-3(5-7)4(2)6-9-8/h7-8H,1-2H3. The van der Waals surface area contributed by atoms with Crippen LogP contribution in [-0.2, 0) is 4.99 Å². The van der Waals surface area contributed by atoms with E-state index in [0.29, 0.717) is 11.4 Å². The van der Waals surface area contributed by atoms with E-state index in [4.69, 9.17) is 10.5 Å². The molecule has 0 aromatic rings. The fourth-order valence-electron chi connectivity index (χ4n) is 0.200. The zero-order chi connectivity index (χ0) is 7.28. The first kappa shape index (κ1) is 7.90. The van der Waals surface area contributed by atoms with Crippen LogP contribution in [0.25, 0.3) is 0 Å². The first-order valence-corrected chi connectivity index (χ1v) is 2.26. The highest BCUT2D eigenvalue weighted by Crippen LogP contribution is 1.82. The third-order valence-corrected chi connectivity index (χ3v) is 0.851. The van der Waals surface area contributed by atoms with Crippen molar-refractivity contribution in [3.8, 4) is 0 Å². The van der Waals surface area contributed by atoms with Crippen molar-refractivity contribution >= 4 is 11.4 Å². The summed E-state index contributed by atoms with van der Waals surface area (Å²) in [6.45, 7) is 3.06. The topological polar surface area (TPSA) is 74.4 Å². The van der Waals surface area contributed by atoms with Gasteiger partial charge in [0.15, 0.2) is 0 Å². The van der Waals surface area contributed by atoms with Gasteiger partial charge >= 0.3 is 0 Å². The number of oxime groups is 2. The van der Waals surface area contributed by atoms with Gasteiger partial charge in [-0.25, -0.2) is 4.99 Å². The Kier molecular flexibility index (Phi) is 3.38. The van der Waals surface area contributed by atoms with Crippen LogP contribution in [0.4, 0.5) is 0 Å². The summed E-state index contributed by atoms with van der Waals surface area (Å²) < 4.78 is 0. The second-order valence-electron chi connectivity index (χ2n) is 1.44. The van der Waals surface area contributed by atoms with Crippen molar-refractivity contribution in [1.82, 2.24) is 0 Å². The molecule has 0 aliphatic rings. The van der Waals surface area contributed by atoms with Crippen molar-refractivity contribution in [3.63, 3.8) is 0 Å². The van der Waals surface area contributed by atoms with Crippen LogP contribution in [0.1, 0.15) is 13.8 Å². The quantitative estimate of drug-likeness (QED) is 0.251. The highest BCUT2D eigenvalue weighted by atomic mass is 17.2. The molecular weight excluding hydrogens is 124 g/mol. The second-order valence-corrected chi connectivity index (χ2v) is 1.44. The van der Waals surface area contributed by atoms with Gasteiger partial charge in [-0.15, -0.1) is 0 Å². The maximum Gasteiger partial charge on any atom is 0.105 e. The molecule has 0 aromatic heterocycles. The van der Waals surface area contributed by atoms with E-state index in [-0.39, 0.29) is 0 Å². The summed E-state index contributed by atoms with van der Waals surface area (Å²) in [7, 11) is 0. The van der Waals surface area contributed by atoms with Crippen LogP contribution in [0.2, 0.25) is 0 Å². The van der Waals surface area contributed by atoms with Gasteiger partial charge in [-0.05, 0) is 19.0 Å². The van der Waals surface area contributed by atoms with Gasteiger partial charge < -0.3 is 5.21 Å². The molecule has 0 heterocycles. The summed E-state index contributed by atoms with van der Waals surface area (Å²) in [5.41, 5.74) is 0.615. The Labute approximate surface area is 52.2 Å². The number of hydrogen-bond donors (Lipinski definition) is 2. The van der Waals surface area contributed by atoms with Gasteiger partial charge in [-0.3, -0.25) is 0 Å². The van der Waals surface area contributed by atoms with Crippen molar-refractivity contribution in [2.75, 3.05) is 0 Å². The van der Waals surface area contributed by atoms with E-state index in [1.807, 2.05) is 0 Å². The molecule has 0 aromatic carbocycles. The normalized spacial score (nSPS) is 13.7. The highest BCUT2D eigenvalue weighted by Gasteiger charge is 1.95. The Hall–Kier alpha value is -1.10. The molecule has 0 rings (SSSR count). The fraction of sp³-hybridized carbons (Fsp3) is 0.500. The largest absolute Gasteiger partial charge is 0.411 e. The Morgan fingerprint density at radius 2 is 1.89 bits per heavy atom. The van der Waals surface area contributed by atoms with E-state index in [1.54, 1.807) is 0 Å². The molecular formula is C4H8N2O3. The van der Waals surface area contributed by atoms with Crippen LogP contribution in [0.3, 0.4) is 0 Å². The lowest BCUT2D eigenvalue weighted by atomic mass is 10.3. The molecule has 0 aliphatic carbocycles. The second kappa shape index (κ2) is 3.85. The molecule has 0 amide bonds. The smallest absolute Gasteiger partial charge is 0.105 e. The molecule has 0 unspecified atom stereocenters. The summed E-state index contributed by atoms with van der Waals surface area (Å²) >= 11 is 0. The Morgan fingerprint density at radius 3 is 2.22 bits per heavy atom. The molecule has 0 spiro atoms. The fourth-order valence-corrected chi connectivity index (χ4v) is 0.200. The van der Waals surface area contributed by atoms with E-state index < -0.39 is 0 Å². The minimum atomic E-state index is 0.295. The van der Waals surface area contributed by atoms with E-state index in [1.165, 1.54) is 13.8 Å². The zero-order valence-electron chi connectivity index (χ0n) is 5.20. The summed E-state index contributed by atoms with van der Waals surface area (Å²) in [4.78, 5) is 3.42. The van der Waals surface area contributed by atoms with Gasteiger partial charge in [0, 0.05) is 0 Å². The molecule has 0 atom stereocenters. The van der Waals surface area contributed by atoms with Crippen molar-refractivity contribution in [2.45, 2.75) is 13.8 Å². The lowest BCUT2D eigenvalue weighted by Gasteiger charge is -1.91. The molecule has 9 heavy (non-hydrogen) atoms. The summed E-state index contributed by atoms with van der Waals surface area (Å²) in [6, 6.07) is 0. The minimum absolute atomic E-state index is 0.295. The van der Waals surface area contributed by atoms with E-state index >= 15 is 0 Å². The van der Waals surface area contributed by atoms with Gasteiger partial charge in [0.1, 0.15) is 11.4 Å². The predicted molar refractivity (Wildman–Crippen MR) is 31.7 cm³/mol. The van der Waals surface area contributed by atoms with Gasteiger partial charge in [-0.1, -0.05) is 5.16 Å². The lowest BCUT2D eigenvalue weighted by Crippen LogP contribution is -2.05. The summed E-state index contributed by atoms with van der Waals surface area (Å²) in [5, 5.41) is 21.7. The molecule has 0 radical (unpaired) electrons. The average Bonchev–Trinajstić information content (AvgIpc) is 1.87. The molecule has 52 valence electrons. The van der Waals surface area contributed by atoms with Crippen LogP contribution in [-0.4, -0.2) is 21.9 Å². The number of hydrogen-bond acceptors (Lipinski definition) is 5. The molecule has 2 N–H and O–H groups in total. The molecule has 0 bridgehead atoms. The van der Waals surface area contributed by atoms with Crippen molar-refractivity contribution in [1.29, 1.82) is 0 Å². The van der Waals surface area contributed by atoms with Crippen LogP contribution >= 0.6 is 0 Å². The van der Waals surface area contributed by atoms with Crippen molar-refractivity contribution < 1.29 is 15.5 Å². The molecule has 5 nitrogen and oxygen atoms in total. The third-order valence-electron chi connectivity index (χ3n) is 0.851. The monoisotopic (exact) mass is 132 g/mol. The number of rotatable bonds is 2. The SMILES string of the molecule is CC(=NO)C(C)=NOO. The van der Waals surface area contributed by atoms with E-state index in [9.17, 15) is 0 Å². The zero-order valence-corrected chi connectivity index (χ0v) is 5.20. The highest BCUT2D eigenvalue weighted by molar-refractivity contribution is 6.40. The maximum absolute atomic E-state index is 8.10.